The molecule has 0 unspecified atom stereocenters. The Hall–Kier alpha value is -1.32. The summed E-state index contributed by atoms with van der Waals surface area (Å²) in [6.45, 7) is 4.92. The third kappa shape index (κ3) is 3.08. The molecule has 0 atom stereocenters. The summed E-state index contributed by atoms with van der Waals surface area (Å²) >= 11 is 1.19. The van der Waals surface area contributed by atoms with Crippen LogP contribution in [-0.2, 0) is 0 Å². The van der Waals surface area contributed by atoms with Crippen molar-refractivity contribution in [1.82, 2.24) is 4.37 Å². The summed E-state index contributed by atoms with van der Waals surface area (Å²) in [6.07, 6.45) is 0.705. The lowest BCUT2D eigenvalue weighted by Gasteiger charge is -2.23. The number of hydrogen-bond acceptors (Lipinski definition) is 6. The highest BCUT2D eigenvalue weighted by Gasteiger charge is 2.19. The molecule has 1 rings (SSSR count). The molecular formula is C10H16N4OS. The Morgan fingerprint density at radius 1 is 1.62 bits per heavy atom. The fraction of sp³-hybridized carbons (Fsp3) is 0.600. The van der Waals surface area contributed by atoms with Crippen molar-refractivity contribution in [3.8, 4) is 6.07 Å². The van der Waals surface area contributed by atoms with Crippen LogP contribution in [0.2, 0.25) is 0 Å². The van der Waals surface area contributed by atoms with Crippen LogP contribution in [0.15, 0.2) is 0 Å². The van der Waals surface area contributed by atoms with Crippen molar-refractivity contribution in [3.05, 3.63) is 5.56 Å². The van der Waals surface area contributed by atoms with Crippen LogP contribution in [0.25, 0.3) is 0 Å². The van der Waals surface area contributed by atoms with Crippen LogP contribution in [-0.4, -0.2) is 22.6 Å². The van der Waals surface area contributed by atoms with Crippen molar-refractivity contribution >= 4 is 22.4 Å². The Balaban J connectivity index is 2.65. The van der Waals surface area contributed by atoms with Gasteiger partial charge in [-0.1, -0.05) is 13.8 Å². The minimum absolute atomic E-state index is 0.0276. The summed E-state index contributed by atoms with van der Waals surface area (Å²) in [5, 5.41) is 21.6. The van der Waals surface area contributed by atoms with E-state index in [1.54, 1.807) is 0 Å². The Morgan fingerprint density at radius 3 is 2.88 bits per heavy atom. The number of rotatable bonds is 5. The molecule has 0 aromatic carbocycles. The highest BCUT2D eigenvalue weighted by Crippen LogP contribution is 2.28. The van der Waals surface area contributed by atoms with Crippen molar-refractivity contribution in [2.75, 3.05) is 24.2 Å². The van der Waals surface area contributed by atoms with E-state index in [4.69, 9.17) is 16.1 Å². The fourth-order valence-corrected chi connectivity index (χ4v) is 1.90. The standard InChI is InChI=1S/C10H16N4OS/c1-10(2,3-4-15)6-13-9-7(5-11)8(12)14-16-9/h13,15H,3-4,6H2,1-2H3,(H2,12,14). The highest BCUT2D eigenvalue weighted by atomic mass is 32.1. The predicted molar refractivity (Wildman–Crippen MR) is 65.2 cm³/mol. The number of nitrogens with two attached hydrogens (primary N) is 1. The summed E-state index contributed by atoms with van der Waals surface area (Å²) in [4.78, 5) is 0. The third-order valence-electron chi connectivity index (χ3n) is 2.35. The van der Waals surface area contributed by atoms with Gasteiger partial charge in [-0.2, -0.15) is 9.64 Å². The van der Waals surface area contributed by atoms with Crippen LogP contribution in [0.4, 0.5) is 10.8 Å². The molecule has 0 aliphatic heterocycles. The molecule has 4 N–H and O–H groups in total. The molecule has 0 fully saturated rings. The predicted octanol–water partition coefficient (Wildman–Crippen LogP) is 1.42. The molecule has 0 spiro atoms. The van der Waals surface area contributed by atoms with Crippen molar-refractivity contribution in [3.63, 3.8) is 0 Å². The zero-order valence-electron chi connectivity index (χ0n) is 9.45. The molecule has 0 radical (unpaired) electrons. The molecular weight excluding hydrogens is 224 g/mol. The van der Waals surface area contributed by atoms with E-state index < -0.39 is 0 Å². The minimum atomic E-state index is -0.0276. The smallest absolute Gasteiger partial charge is 0.157 e. The Bertz CT molecular complexity index is 394. The molecule has 6 heteroatoms. The molecule has 5 nitrogen and oxygen atoms in total. The molecule has 1 heterocycles. The Kier molecular flexibility index (Phi) is 4.10. The van der Waals surface area contributed by atoms with Gasteiger partial charge >= 0.3 is 0 Å². The normalized spacial score (nSPS) is 11.1. The van der Waals surface area contributed by atoms with Crippen molar-refractivity contribution < 1.29 is 5.11 Å². The quantitative estimate of drug-likeness (QED) is 0.723. The first-order valence-electron chi connectivity index (χ1n) is 5.00. The summed E-state index contributed by atoms with van der Waals surface area (Å²) < 4.78 is 3.92. The topological polar surface area (TPSA) is 95.0 Å². The van der Waals surface area contributed by atoms with Crippen LogP contribution in [0.1, 0.15) is 25.8 Å². The van der Waals surface area contributed by atoms with Crippen molar-refractivity contribution in [1.29, 1.82) is 5.26 Å². The molecule has 0 aliphatic rings. The monoisotopic (exact) mass is 240 g/mol. The fourth-order valence-electron chi connectivity index (χ4n) is 1.24. The molecule has 88 valence electrons. The number of nitrogens with zero attached hydrogens (tertiary/aromatic N) is 2. The van der Waals surface area contributed by atoms with Crippen molar-refractivity contribution in [2.24, 2.45) is 5.41 Å². The second-order valence-electron chi connectivity index (χ2n) is 4.38. The van der Waals surface area contributed by atoms with E-state index in [-0.39, 0.29) is 17.8 Å². The largest absolute Gasteiger partial charge is 0.396 e. The van der Waals surface area contributed by atoms with Gasteiger partial charge in [0.1, 0.15) is 16.6 Å². The van der Waals surface area contributed by atoms with Gasteiger partial charge < -0.3 is 16.2 Å². The van der Waals surface area contributed by atoms with E-state index >= 15 is 0 Å². The Morgan fingerprint density at radius 2 is 2.31 bits per heavy atom. The van der Waals surface area contributed by atoms with E-state index in [0.717, 1.165) is 0 Å². The molecule has 0 amide bonds. The van der Waals surface area contributed by atoms with Gasteiger partial charge in [0.05, 0.1) is 0 Å². The van der Waals surface area contributed by atoms with E-state index in [2.05, 4.69) is 9.69 Å². The zero-order chi connectivity index (χ0) is 12.2. The maximum absolute atomic E-state index is 8.89. The van der Waals surface area contributed by atoms with Crippen LogP contribution in [0.5, 0.6) is 0 Å². The molecule has 1 aromatic rings. The molecule has 1 aromatic heterocycles. The number of hydrogen-bond donors (Lipinski definition) is 3. The molecule has 0 saturated heterocycles. The highest BCUT2D eigenvalue weighted by molar-refractivity contribution is 7.10. The molecule has 16 heavy (non-hydrogen) atoms. The average Bonchev–Trinajstić information content (AvgIpc) is 2.56. The van der Waals surface area contributed by atoms with Gasteiger partial charge in [-0.15, -0.1) is 0 Å². The van der Waals surface area contributed by atoms with Crippen LogP contribution in [0, 0.1) is 16.7 Å². The first kappa shape index (κ1) is 12.7. The maximum atomic E-state index is 8.89. The van der Waals surface area contributed by atoms with E-state index in [1.165, 1.54) is 11.5 Å². The van der Waals surface area contributed by atoms with Gasteiger partial charge in [-0.25, -0.2) is 0 Å². The summed E-state index contributed by atoms with van der Waals surface area (Å²) in [6, 6.07) is 2.02. The van der Waals surface area contributed by atoms with Gasteiger partial charge in [0.15, 0.2) is 5.82 Å². The number of aromatic nitrogens is 1. The van der Waals surface area contributed by atoms with Crippen LogP contribution >= 0.6 is 11.5 Å². The minimum Gasteiger partial charge on any atom is -0.396 e. The number of nitrogens with one attached hydrogen (secondary N) is 1. The van der Waals surface area contributed by atoms with E-state index in [1.807, 2.05) is 19.9 Å². The maximum Gasteiger partial charge on any atom is 0.157 e. The van der Waals surface area contributed by atoms with Crippen molar-refractivity contribution in [2.45, 2.75) is 20.3 Å². The summed E-state index contributed by atoms with van der Waals surface area (Å²) in [5.41, 5.74) is 5.93. The molecule has 0 saturated carbocycles. The summed E-state index contributed by atoms with van der Waals surface area (Å²) in [5.74, 6) is 0.273. The lowest BCUT2D eigenvalue weighted by Crippen LogP contribution is -2.24. The SMILES string of the molecule is CC(C)(CCO)CNc1snc(N)c1C#N. The van der Waals surface area contributed by atoms with Gasteiger partial charge in [0, 0.05) is 13.2 Å². The molecule has 0 bridgehead atoms. The first-order valence-corrected chi connectivity index (χ1v) is 5.77. The van der Waals surface area contributed by atoms with Gasteiger partial charge in [0.25, 0.3) is 0 Å². The molecule has 0 aliphatic carbocycles. The zero-order valence-corrected chi connectivity index (χ0v) is 10.3. The second kappa shape index (κ2) is 5.14. The third-order valence-corrected chi connectivity index (χ3v) is 3.17. The number of aliphatic hydroxyl groups excluding tert-OH is 1. The lowest BCUT2D eigenvalue weighted by molar-refractivity contribution is 0.220. The van der Waals surface area contributed by atoms with Crippen LogP contribution in [0.3, 0.4) is 0 Å². The van der Waals surface area contributed by atoms with Gasteiger partial charge in [-0.3, -0.25) is 0 Å². The van der Waals surface area contributed by atoms with Gasteiger partial charge in [-0.05, 0) is 23.4 Å². The second-order valence-corrected chi connectivity index (χ2v) is 5.15. The number of nitrogen functional groups attached to an aromatic ring is 1. The van der Waals surface area contributed by atoms with Crippen LogP contribution < -0.4 is 11.1 Å². The Labute approximate surface area is 99.1 Å². The summed E-state index contributed by atoms with van der Waals surface area (Å²) in [7, 11) is 0. The number of anilines is 2. The average molecular weight is 240 g/mol. The van der Waals surface area contributed by atoms with Gasteiger partial charge in [0.2, 0.25) is 0 Å². The van der Waals surface area contributed by atoms with E-state index in [0.29, 0.717) is 23.5 Å². The number of nitriles is 1. The number of aliphatic hydroxyl groups is 1. The lowest BCUT2D eigenvalue weighted by atomic mass is 9.90. The van der Waals surface area contributed by atoms with E-state index in [9.17, 15) is 0 Å². The first-order chi connectivity index (χ1) is 7.50.